The van der Waals surface area contributed by atoms with Gasteiger partial charge in [-0.1, -0.05) is 43.7 Å². The maximum atomic E-state index is 14.3. The van der Waals surface area contributed by atoms with Crippen LogP contribution in [-0.4, -0.2) is 15.9 Å². The molecule has 5 rings (SSSR count). The van der Waals surface area contributed by atoms with Gasteiger partial charge in [0.05, 0.1) is 22.5 Å². The summed E-state index contributed by atoms with van der Waals surface area (Å²) in [6, 6.07) is 19.5. The minimum atomic E-state index is -1.01. The number of aromatic nitrogens is 2. The predicted molar refractivity (Wildman–Crippen MR) is 124 cm³/mol. The highest BCUT2D eigenvalue weighted by Crippen LogP contribution is 2.64. The first-order valence-electron chi connectivity index (χ1n) is 11.0. The van der Waals surface area contributed by atoms with Crippen molar-refractivity contribution in [2.45, 2.75) is 39.2 Å². The van der Waals surface area contributed by atoms with Gasteiger partial charge in [-0.15, -0.1) is 0 Å². The van der Waals surface area contributed by atoms with Crippen LogP contribution in [0.25, 0.3) is 5.70 Å². The highest BCUT2D eigenvalue weighted by Gasteiger charge is 2.70. The molecule has 1 fully saturated rings. The third-order valence-electron chi connectivity index (χ3n) is 6.84. The fourth-order valence-corrected chi connectivity index (χ4v) is 5.13. The predicted octanol–water partition coefficient (Wildman–Crippen LogP) is 5.67. The molecule has 0 bridgehead atoms. The molecular weight excluding hydrogens is 398 g/mol. The molecular formula is C26H25N5O. The number of azo groups is 1. The van der Waals surface area contributed by atoms with Gasteiger partial charge in [-0.2, -0.15) is 10.2 Å². The monoisotopic (exact) mass is 423 g/mol. The Morgan fingerprint density at radius 3 is 2.16 bits per heavy atom. The Morgan fingerprint density at radius 2 is 1.56 bits per heavy atom. The molecule has 0 radical (unpaired) electrons. The van der Waals surface area contributed by atoms with E-state index in [1.54, 1.807) is 12.4 Å². The van der Waals surface area contributed by atoms with Gasteiger partial charge in [0.1, 0.15) is 5.70 Å². The Morgan fingerprint density at radius 1 is 0.875 bits per heavy atom. The van der Waals surface area contributed by atoms with E-state index in [1.165, 1.54) is 0 Å². The summed E-state index contributed by atoms with van der Waals surface area (Å²) >= 11 is 0. The molecule has 2 aromatic heterocycles. The lowest BCUT2D eigenvalue weighted by Gasteiger charge is -2.36. The van der Waals surface area contributed by atoms with Crippen LogP contribution in [0.3, 0.4) is 0 Å². The van der Waals surface area contributed by atoms with Crippen LogP contribution in [0.4, 0.5) is 5.69 Å². The molecule has 4 heterocycles. The third-order valence-corrected chi connectivity index (χ3v) is 6.84. The van der Waals surface area contributed by atoms with Crippen molar-refractivity contribution in [2.75, 3.05) is 4.90 Å². The fraction of sp³-hybridized carbons (Fsp3) is 0.269. The molecule has 1 saturated heterocycles. The third kappa shape index (κ3) is 2.55. The second-order valence-electron chi connectivity index (χ2n) is 8.30. The second-order valence-corrected chi connectivity index (χ2v) is 8.30. The van der Waals surface area contributed by atoms with Crippen LogP contribution in [0.2, 0.25) is 0 Å². The largest absolute Gasteiger partial charge is 0.279 e. The number of amides is 1. The van der Waals surface area contributed by atoms with Gasteiger partial charge in [0.25, 0.3) is 0 Å². The van der Waals surface area contributed by atoms with Gasteiger partial charge < -0.3 is 0 Å². The highest BCUT2D eigenvalue weighted by molar-refractivity contribution is 6.09. The van der Waals surface area contributed by atoms with Crippen molar-refractivity contribution >= 4 is 17.3 Å². The van der Waals surface area contributed by atoms with E-state index in [2.05, 4.69) is 23.9 Å². The number of carbonyl (C=O) groups excluding carboxylic acids is 1. The van der Waals surface area contributed by atoms with Crippen LogP contribution in [0, 0.1) is 12.3 Å². The normalized spacial score (nSPS) is 21.3. The fourth-order valence-electron chi connectivity index (χ4n) is 5.13. The van der Waals surface area contributed by atoms with Gasteiger partial charge >= 0.3 is 0 Å². The Hall–Kier alpha value is -3.67. The number of rotatable bonds is 5. The van der Waals surface area contributed by atoms with Crippen LogP contribution in [0.5, 0.6) is 0 Å². The molecule has 0 aliphatic carbocycles. The Bertz CT molecular complexity index is 1210. The van der Waals surface area contributed by atoms with Gasteiger partial charge in [-0.25, -0.2) is 0 Å². The average Bonchev–Trinajstić information content (AvgIpc) is 3.33. The molecule has 3 aromatic rings. The van der Waals surface area contributed by atoms with E-state index in [9.17, 15) is 4.79 Å². The summed E-state index contributed by atoms with van der Waals surface area (Å²) in [5, 5.41) is 9.55. The molecule has 0 saturated carbocycles. The first-order chi connectivity index (χ1) is 15.6. The van der Waals surface area contributed by atoms with Crippen molar-refractivity contribution in [3.05, 3.63) is 95.7 Å². The summed E-state index contributed by atoms with van der Waals surface area (Å²) in [6.45, 7) is 6.14. The summed E-state index contributed by atoms with van der Waals surface area (Å²) in [6.07, 6.45) is 4.71. The zero-order valence-corrected chi connectivity index (χ0v) is 18.5. The number of carbonyl (C=O) groups is 1. The molecule has 2 aliphatic heterocycles. The Balaban J connectivity index is 1.88. The summed E-state index contributed by atoms with van der Waals surface area (Å²) in [5.41, 5.74) is 2.91. The summed E-state index contributed by atoms with van der Waals surface area (Å²) in [4.78, 5) is 25.3. The molecule has 0 spiro atoms. The van der Waals surface area contributed by atoms with Crippen LogP contribution >= 0.6 is 0 Å². The summed E-state index contributed by atoms with van der Waals surface area (Å²) in [7, 11) is 0. The van der Waals surface area contributed by atoms with Gasteiger partial charge in [0.15, 0.2) is 5.54 Å². The number of hydrogen-bond acceptors (Lipinski definition) is 5. The first kappa shape index (κ1) is 20.2. The lowest BCUT2D eigenvalue weighted by atomic mass is 9.65. The summed E-state index contributed by atoms with van der Waals surface area (Å²) in [5.74, 6) is 0.0269. The molecule has 160 valence electrons. The van der Waals surface area contributed by atoms with E-state index in [4.69, 9.17) is 10.1 Å². The minimum absolute atomic E-state index is 0.0269. The van der Waals surface area contributed by atoms with Crippen molar-refractivity contribution in [1.29, 1.82) is 0 Å². The standard InChI is InChI=1S/C26H25N5O/c1-4-25(5-2)24(32)31(19-14-12-18(3)13-15-19)23-22(20-10-6-8-16-27-20)29-30-26(23,25)21-11-7-9-17-28-21/h6-17H,4-5H2,1-3H3. The Kier molecular flexibility index (Phi) is 4.73. The number of pyridine rings is 2. The van der Waals surface area contributed by atoms with Crippen molar-refractivity contribution in [1.82, 2.24) is 9.97 Å². The molecule has 1 aromatic carbocycles. The number of hydrogen-bond donors (Lipinski definition) is 0. The van der Waals surface area contributed by atoms with Crippen LogP contribution in [-0.2, 0) is 10.3 Å². The molecule has 6 nitrogen and oxygen atoms in total. The number of benzene rings is 1. The van der Waals surface area contributed by atoms with Crippen LogP contribution < -0.4 is 4.90 Å². The summed E-state index contributed by atoms with van der Waals surface area (Å²) < 4.78 is 0. The Labute approximate surface area is 187 Å². The van der Waals surface area contributed by atoms with Crippen molar-refractivity contribution in [3.8, 4) is 0 Å². The topological polar surface area (TPSA) is 70.8 Å². The lowest BCUT2D eigenvalue weighted by Crippen LogP contribution is -2.44. The number of aryl methyl sites for hydroxylation is 1. The highest BCUT2D eigenvalue weighted by atomic mass is 16.2. The molecule has 1 unspecified atom stereocenters. The van der Waals surface area contributed by atoms with Crippen molar-refractivity contribution in [3.63, 3.8) is 0 Å². The van der Waals surface area contributed by atoms with Crippen molar-refractivity contribution < 1.29 is 4.79 Å². The molecule has 1 amide bonds. The second kappa shape index (κ2) is 7.48. The number of nitrogens with zero attached hydrogens (tertiary/aromatic N) is 5. The smallest absolute Gasteiger partial charge is 0.241 e. The molecule has 0 N–H and O–H groups in total. The van der Waals surface area contributed by atoms with E-state index in [-0.39, 0.29) is 5.91 Å². The average molecular weight is 424 g/mol. The number of anilines is 1. The molecule has 6 heteroatoms. The minimum Gasteiger partial charge on any atom is -0.279 e. The zero-order valence-electron chi connectivity index (χ0n) is 18.5. The molecule has 2 aliphatic rings. The van der Waals surface area contributed by atoms with Gasteiger partial charge in [0.2, 0.25) is 5.91 Å². The van der Waals surface area contributed by atoms with Crippen molar-refractivity contribution in [2.24, 2.45) is 15.6 Å². The first-order valence-corrected chi connectivity index (χ1v) is 11.0. The van der Waals surface area contributed by atoms with Gasteiger partial charge in [-0.05, 0) is 56.2 Å². The molecule has 32 heavy (non-hydrogen) atoms. The van der Waals surface area contributed by atoms with E-state index >= 15 is 0 Å². The van der Waals surface area contributed by atoms with E-state index in [0.717, 1.165) is 22.6 Å². The maximum Gasteiger partial charge on any atom is 0.241 e. The SMILES string of the molecule is CCC1(CC)C(=O)N(c2ccc(C)cc2)C2=C(c3ccccn3)N=NC21c1ccccn1. The number of fused-ring (bicyclic) bond motifs is 1. The van der Waals surface area contributed by atoms with E-state index in [0.29, 0.717) is 24.2 Å². The van der Waals surface area contributed by atoms with E-state index in [1.807, 2.05) is 72.5 Å². The zero-order chi connectivity index (χ0) is 22.3. The van der Waals surface area contributed by atoms with E-state index < -0.39 is 11.0 Å². The maximum absolute atomic E-state index is 14.3. The quantitative estimate of drug-likeness (QED) is 0.531. The van der Waals surface area contributed by atoms with Gasteiger partial charge in [-0.3, -0.25) is 19.7 Å². The van der Waals surface area contributed by atoms with Crippen LogP contribution in [0.15, 0.2) is 89.0 Å². The lowest BCUT2D eigenvalue weighted by molar-refractivity contribution is -0.128. The van der Waals surface area contributed by atoms with Crippen LogP contribution in [0.1, 0.15) is 43.6 Å². The van der Waals surface area contributed by atoms with Gasteiger partial charge in [0, 0.05) is 18.1 Å². The molecule has 1 atom stereocenters.